The summed E-state index contributed by atoms with van der Waals surface area (Å²) in [5.41, 5.74) is 3.39. The van der Waals surface area contributed by atoms with Crippen molar-refractivity contribution in [2.24, 2.45) is 13.0 Å². The molecule has 1 saturated heterocycles. The Balaban J connectivity index is 0.00000220. The largest absolute Gasteiger partial charge is 0.354 e. The molecule has 2 N–H and O–H groups in total. The van der Waals surface area contributed by atoms with E-state index in [-0.39, 0.29) is 36.6 Å². The highest BCUT2D eigenvalue weighted by Gasteiger charge is 2.20. The second-order valence-corrected chi connectivity index (χ2v) is 5.92. The van der Waals surface area contributed by atoms with Crippen LogP contribution < -0.4 is 10.6 Å². The average Bonchev–Trinajstić information content (AvgIpc) is 3.00. The first kappa shape index (κ1) is 21.2. The molecular weight excluding hydrogens is 323 g/mol. The fourth-order valence-electron chi connectivity index (χ4n) is 2.84. The normalized spacial score (nSPS) is 18.3. The maximum Gasteiger partial charge on any atom is 0.223 e. The monoisotopic (exact) mass is 350 g/mol. The van der Waals surface area contributed by atoms with Crippen LogP contribution in [0.5, 0.6) is 0 Å². The van der Waals surface area contributed by atoms with Crippen LogP contribution in [0.25, 0.3) is 0 Å². The van der Waals surface area contributed by atoms with Crippen LogP contribution in [0.2, 0.25) is 0 Å². The van der Waals surface area contributed by atoms with Gasteiger partial charge < -0.3 is 10.6 Å². The van der Waals surface area contributed by atoms with Crippen molar-refractivity contribution in [1.82, 2.24) is 20.4 Å². The van der Waals surface area contributed by atoms with Gasteiger partial charge in [0, 0.05) is 31.2 Å². The zero-order valence-electron chi connectivity index (χ0n) is 13.8. The molecule has 0 radical (unpaired) electrons. The third-order valence-electron chi connectivity index (χ3n) is 4.30. The van der Waals surface area contributed by atoms with Gasteiger partial charge in [-0.1, -0.05) is 6.92 Å². The van der Waals surface area contributed by atoms with Crippen molar-refractivity contribution in [2.75, 3.05) is 13.1 Å². The summed E-state index contributed by atoms with van der Waals surface area (Å²) in [6, 6.07) is 0.452. The molecule has 0 aromatic carbocycles. The minimum absolute atomic E-state index is 0. The lowest BCUT2D eigenvalue weighted by molar-refractivity contribution is -0.124. The molecule has 1 fully saturated rings. The van der Waals surface area contributed by atoms with Crippen molar-refractivity contribution < 1.29 is 4.79 Å². The zero-order valence-corrected chi connectivity index (χ0v) is 15.4. The summed E-state index contributed by atoms with van der Waals surface area (Å²) in [5, 5.41) is 10.9. The smallest absolute Gasteiger partial charge is 0.223 e. The van der Waals surface area contributed by atoms with Crippen LogP contribution in [-0.4, -0.2) is 34.8 Å². The number of aromatic nitrogens is 2. The molecule has 1 aromatic rings. The highest BCUT2D eigenvalue weighted by molar-refractivity contribution is 5.85. The predicted octanol–water partition coefficient (Wildman–Crippen LogP) is 1.93. The van der Waals surface area contributed by atoms with E-state index in [2.05, 4.69) is 22.7 Å². The highest BCUT2D eigenvalue weighted by Crippen LogP contribution is 2.17. The molecule has 2 unspecified atom stereocenters. The topological polar surface area (TPSA) is 59.0 Å². The van der Waals surface area contributed by atoms with Crippen molar-refractivity contribution in [2.45, 2.75) is 46.1 Å². The summed E-state index contributed by atoms with van der Waals surface area (Å²) >= 11 is 0. The molecule has 22 heavy (non-hydrogen) atoms. The van der Waals surface area contributed by atoms with E-state index in [0.717, 1.165) is 37.3 Å². The maximum atomic E-state index is 12.2. The molecule has 1 aliphatic rings. The lowest BCUT2D eigenvalue weighted by atomic mass is 9.99. The summed E-state index contributed by atoms with van der Waals surface area (Å²) in [6.07, 6.45) is 3.13. The maximum absolute atomic E-state index is 12.2. The third kappa shape index (κ3) is 5.14. The van der Waals surface area contributed by atoms with Gasteiger partial charge in [-0.05, 0) is 45.2 Å². The Hall–Kier alpha value is -0.780. The number of carbonyl (C=O) groups is 1. The van der Waals surface area contributed by atoms with Gasteiger partial charge in [-0.15, -0.1) is 24.8 Å². The van der Waals surface area contributed by atoms with Crippen molar-refractivity contribution in [3.63, 3.8) is 0 Å². The Morgan fingerprint density at radius 1 is 1.45 bits per heavy atom. The molecule has 1 aromatic heterocycles. The first-order valence-electron chi connectivity index (χ1n) is 7.49. The van der Waals surface area contributed by atoms with Crippen LogP contribution in [-0.2, 0) is 18.3 Å². The number of aryl methyl sites for hydroxylation is 2. The predicted molar refractivity (Wildman–Crippen MR) is 94.1 cm³/mol. The molecule has 2 atom stereocenters. The SMILES string of the molecule is Cc1nn(C)c(C)c1CC(C)C(=O)NCC1CCCN1.Cl.Cl. The van der Waals surface area contributed by atoms with Crippen LogP contribution in [0.4, 0.5) is 0 Å². The third-order valence-corrected chi connectivity index (χ3v) is 4.30. The van der Waals surface area contributed by atoms with Crippen molar-refractivity contribution in [3.05, 3.63) is 17.0 Å². The quantitative estimate of drug-likeness (QED) is 0.852. The Labute approximate surface area is 145 Å². The Kier molecular flexibility index (Phi) is 9.05. The summed E-state index contributed by atoms with van der Waals surface area (Å²) in [7, 11) is 1.95. The number of hydrogen-bond acceptors (Lipinski definition) is 3. The number of nitrogens with one attached hydrogen (secondary N) is 2. The van der Waals surface area contributed by atoms with Gasteiger partial charge in [0.2, 0.25) is 5.91 Å². The number of halogens is 2. The van der Waals surface area contributed by atoms with Crippen LogP contribution in [0.1, 0.15) is 36.7 Å². The van der Waals surface area contributed by atoms with E-state index in [1.54, 1.807) is 0 Å². The first-order valence-corrected chi connectivity index (χ1v) is 7.49. The molecule has 128 valence electrons. The standard InChI is InChI=1S/C15H26N4O.2ClH/c1-10(8-14-11(2)18-19(4)12(14)3)15(20)17-9-13-6-5-7-16-13;;/h10,13,16H,5-9H2,1-4H3,(H,17,20);2*1H. The van der Waals surface area contributed by atoms with Gasteiger partial charge in [0.15, 0.2) is 0 Å². The summed E-state index contributed by atoms with van der Waals surface area (Å²) in [4.78, 5) is 12.2. The number of nitrogens with zero attached hydrogens (tertiary/aromatic N) is 2. The Morgan fingerprint density at radius 3 is 2.64 bits per heavy atom. The molecule has 2 heterocycles. The van der Waals surface area contributed by atoms with Gasteiger partial charge in [-0.25, -0.2) is 0 Å². The molecule has 1 aliphatic heterocycles. The van der Waals surface area contributed by atoms with E-state index in [1.165, 1.54) is 12.0 Å². The zero-order chi connectivity index (χ0) is 14.7. The van der Waals surface area contributed by atoms with E-state index in [0.29, 0.717) is 6.04 Å². The van der Waals surface area contributed by atoms with E-state index in [1.807, 2.05) is 25.6 Å². The number of carbonyl (C=O) groups excluding carboxylic acids is 1. The van der Waals surface area contributed by atoms with Gasteiger partial charge in [0.1, 0.15) is 0 Å². The molecule has 0 spiro atoms. The van der Waals surface area contributed by atoms with Crippen LogP contribution in [0.3, 0.4) is 0 Å². The number of rotatable bonds is 5. The van der Waals surface area contributed by atoms with Gasteiger partial charge in [-0.2, -0.15) is 5.10 Å². The van der Waals surface area contributed by atoms with Crippen LogP contribution >= 0.6 is 24.8 Å². The van der Waals surface area contributed by atoms with Crippen molar-refractivity contribution >= 4 is 30.7 Å². The number of hydrogen-bond donors (Lipinski definition) is 2. The summed E-state index contributed by atoms with van der Waals surface area (Å²) in [6.45, 7) is 7.87. The van der Waals surface area contributed by atoms with Crippen LogP contribution in [0.15, 0.2) is 0 Å². The van der Waals surface area contributed by atoms with Gasteiger partial charge in [0.05, 0.1) is 5.69 Å². The molecule has 0 aliphatic carbocycles. The van der Waals surface area contributed by atoms with E-state index in [9.17, 15) is 4.79 Å². The van der Waals surface area contributed by atoms with Gasteiger partial charge >= 0.3 is 0 Å². The van der Waals surface area contributed by atoms with Crippen molar-refractivity contribution in [1.29, 1.82) is 0 Å². The highest BCUT2D eigenvalue weighted by atomic mass is 35.5. The van der Waals surface area contributed by atoms with Crippen molar-refractivity contribution in [3.8, 4) is 0 Å². The van der Waals surface area contributed by atoms with Gasteiger partial charge in [-0.3, -0.25) is 9.48 Å². The minimum atomic E-state index is -0.0157. The minimum Gasteiger partial charge on any atom is -0.354 e. The molecule has 2 rings (SSSR count). The van der Waals surface area contributed by atoms with E-state index >= 15 is 0 Å². The molecular formula is C15H28Cl2N4O. The average molecular weight is 351 g/mol. The second-order valence-electron chi connectivity index (χ2n) is 5.92. The summed E-state index contributed by atoms with van der Waals surface area (Å²) < 4.78 is 1.89. The fraction of sp³-hybridized carbons (Fsp3) is 0.733. The molecule has 1 amide bonds. The molecule has 7 heteroatoms. The lowest BCUT2D eigenvalue weighted by Crippen LogP contribution is -2.39. The fourth-order valence-corrected chi connectivity index (χ4v) is 2.84. The second kappa shape index (κ2) is 9.38. The molecule has 0 bridgehead atoms. The van der Waals surface area contributed by atoms with E-state index in [4.69, 9.17) is 0 Å². The van der Waals surface area contributed by atoms with Crippen LogP contribution in [0, 0.1) is 19.8 Å². The van der Waals surface area contributed by atoms with Gasteiger partial charge in [0.25, 0.3) is 0 Å². The summed E-state index contributed by atoms with van der Waals surface area (Å²) in [5.74, 6) is 0.124. The Morgan fingerprint density at radius 2 is 2.14 bits per heavy atom. The lowest BCUT2D eigenvalue weighted by Gasteiger charge is -2.15. The first-order chi connectivity index (χ1) is 9.49. The molecule has 5 nitrogen and oxygen atoms in total. The molecule has 0 saturated carbocycles. The number of amides is 1. The van der Waals surface area contributed by atoms with E-state index < -0.39 is 0 Å². The Bertz CT molecular complexity index is 484.